The molecule has 0 saturated heterocycles. The van der Waals surface area contributed by atoms with Crippen molar-refractivity contribution in [3.8, 4) is 5.75 Å². The molecule has 1 aromatic carbocycles. The monoisotopic (exact) mass is 306 g/mol. The van der Waals surface area contributed by atoms with E-state index in [1.807, 2.05) is 37.3 Å². The van der Waals surface area contributed by atoms with Gasteiger partial charge in [0.05, 0.1) is 10.2 Å². The average molecular weight is 307 g/mol. The predicted octanol–water partition coefficient (Wildman–Crippen LogP) is 3.15. The Bertz CT molecular complexity index is 543. The number of pyridine rings is 1. The molecule has 0 spiro atoms. The summed E-state index contributed by atoms with van der Waals surface area (Å²) >= 11 is 3.30. The molecule has 1 aromatic heterocycles. The lowest BCUT2D eigenvalue weighted by molar-refractivity contribution is 0.461. The molecule has 3 nitrogen and oxygen atoms in total. The fraction of sp³-hybridized carbons (Fsp3) is 0.214. The summed E-state index contributed by atoms with van der Waals surface area (Å²) in [6.45, 7) is 3.35. The highest BCUT2D eigenvalue weighted by Crippen LogP contribution is 2.27. The first-order chi connectivity index (χ1) is 8.68. The molecular weight excluding hydrogens is 292 g/mol. The lowest BCUT2D eigenvalue weighted by Gasteiger charge is -2.09. The van der Waals surface area contributed by atoms with Crippen LogP contribution in [0.1, 0.15) is 16.8 Å². The maximum Gasteiger partial charge on any atom is 0.134 e. The van der Waals surface area contributed by atoms with Gasteiger partial charge in [-0.25, -0.2) is 0 Å². The van der Waals surface area contributed by atoms with E-state index < -0.39 is 0 Å². The van der Waals surface area contributed by atoms with Gasteiger partial charge in [0, 0.05) is 24.8 Å². The van der Waals surface area contributed by atoms with Crippen LogP contribution in [0.5, 0.6) is 5.75 Å². The third-order valence-electron chi connectivity index (χ3n) is 2.80. The van der Waals surface area contributed by atoms with E-state index in [-0.39, 0.29) is 0 Å². The van der Waals surface area contributed by atoms with Crippen LogP contribution in [0.2, 0.25) is 0 Å². The Balaban J connectivity index is 1.97. The number of rotatable bonds is 4. The molecule has 0 bridgehead atoms. The number of nitrogens with zero attached hydrogens (tertiary/aromatic N) is 1. The lowest BCUT2D eigenvalue weighted by Crippen LogP contribution is -2.14. The standard InChI is InChI=1S/C14H15BrN2O/c1-10-4-3-7-17-13(10)9-16-8-11-5-2-6-12(15)14(11)18/h2-7,16,18H,8-9H2,1H3. The average Bonchev–Trinajstić information content (AvgIpc) is 2.37. The Morgan fingerprint density at radius 2 is 2.06 bits per heavy atom. The minimum atomic E-state index is 0.294. The number of hydrogen-bond acceptors (Lipinski definition) is 3. The van der Waals surface area contributed by atoms with E-state index in [0.717, 1.165) is 15.7 Å². The molecule has 0 aliphatic carbocycles. The molecule has 4 heteroatoms. The van der Waals surface area contributed by atoms with Crippen LogP contribution >= 0.6 is 15.9 Å². The zero-order chi connectivity index (χ0) is 13.0. The molecule has 0 aliphatic rings. The largest absolute Gasteiger partial charge is 0.506 e. The minimum Gasteiger partial charge on any atom is -0.506 e. The molecule has 1 heterocycles. The van der Waals surface area contributed by atoms with Gasteiger partial charge in [-0.15, -0.1) is 0 Å². The van der Waals surface area contributed by atoms with Crippen molar-refractivity contribution in [2.24, 2.45) is 0 Å². The number of phenolic OH excluding ortho intramolecular Hbond substituents is 1. The van der Waals surface area contributed by atoms with Gasteiger partial charge in [0.25, 0.3) is 0 Å². The summed E-state index contributed by atoms with van der Waals surface area (Å²) in [5.74, 6) is 0.294. The van der Waals surface area contributed by atoms with Gasteiger partial charge in [0.1, 0.15) is 5.75 Å². The van der Waals surface area contributed by atoms with Crippen LogP contribution in [0.15, 0.2) is 41.0 Å². The van der Waals surface area contributed by atoms with Gasteiger partial charge >= 0.3 is 0 Å². The van der Waals surface area contributed by atoms with Crippen molar-refractivity contribution in [3.63, 3.8) is 0 Å². The fourth-order valence-electron chi connectivity index (χ4n) is 1.72. The quantitative estimate of drug-likeness (QED) is 0.912. The molecular formula is C14H15BrN2O. The number of aromatic nitrogens is 1. The van der Waals surface area contributed by atoms with Gasteiger partial charge in [-0.3, -0.25) is 4.98 Å². The van der Waals surface area contributed by atoms with E-state index in [9.17, 15) is 5.11 Å². The molecule has 2 N–H and O–H groups in total. The topological polar surface area (TPSA) is 45.2 Å². The van der Waals surface area contributed by atoms with Crippen molar-refractivity contribution in [1.29, 1.82) is 0 Å². The third kappa shape index (κ3) is 3.09. The second kappa shape index (κ2) is 5.98. The second-order valence-electron chi connectivity index (χ2n) is 4.12. The minimum absolute atomic E-state index is 0.294. The highest BCUT2D eigenvalue weighted by Gasteiger charge is 2.04. The Hall–Kier alpha value is -1.39. The van der Waals surface area contributed by atoms with Crippen LogP contribution < -0.4 is 5.32 Å². The van der Waals surface area contributed by atoms with Gasteiger partial charge in [-0.1, -0.05) is 18.2 Å². The van der Waals surface area contributed by atoms with Crippen molar-refractivity contribution in [2.45, 2.75) is 20.0 Å². The molecule has 0 saturated carbocycles. The van der Waals surface area contributed by atoms with Crippen LogP contribution in [-0.2, 0) is 13.1 Å². The summed E-state index contributed by atoms with van der Waals surface area (Å²) in [4.78, 5) is 4.32. The summed E-state index contributed by atoms with van der Waals surface area (Å²) in [6.07, 6.45) is 1.79. The number of halogens is 1. The second-order valence-corrected chi connectivity index (χ2v) is 4.97. The van der Waals surface area contributed by atoms with E-state index in [1.54, 1.807) is 6.20 Å². The zero-order valence-electron chi connectivity index (χ0n) is 10.2. The number of benzene rings is 1. The van der Waals surface area contributed by atoms with Crippen molar-refractivity contribution in [2.75, 3.05) is 0 Å². The SMILES string of the molecule is Cc1cccnc1CNCc1cccc(Br)c1O. The fourth-order valence-corrected chi connectivity index (χ4v) is 2.13. The maximum atomic E-state index is 9.85. The van der Waals surface area contributed by atoms with E-state index in [2.05, 4.69) is 26.2 Å². The predicted molar refractivity (Wildman–Crippen MR) is 75.3 cm³/mol. The van der Waals surface area contributed by atoms with Gasteiger partial charge in [0.15, 0.2) is 0 Å². The number of aryl methyl sites for hydroxylation is 1. The van der Waals surface area contributed by atoms with Crippen LogP contribution in [0.25, 0.3) is 0 Å². The zero-order valence-corrected chi connectivity index (χ0v) is 11.7. The van der Waals surface area contributed by atoms with Gasteiger partial charge < -0.3 is 10.4 Å². The molecule has 0 unspecified atom stereocenters. The summed E-state index contributed by atoms with van der Waals surface area (Å²) in [5.41, 5.74) is 3.08. The highest BCUT2D eigenvalue weighted by molar-refractivity contribution is 9.10. The van der Waals surface area contributed by atoms with E-state index in [1.165, 1.54) is 5.56 Å². The molecule has 0 aliphatic heterocycles. The van der Waals surface area contributed by atoms with E-state index >= 15 is 0 Å². The molecule has 0 fully saturated rings. The molecule has 94 valence electrons. The first-order valence-corrected chi connectivity index (χ1v) is 6.55. The Morgan fingerprint density at radius 1 is 1.22 bits per heavy atom. The van der Waals surface area contributed by atoms with Crippen molar-refractivity contribution < 1.29 is 5.11 Å². The molecule has 0 amide bonds. The van der Waals surface area contributed by atoms with Crippen LogP contribution in [0.4, 0.5) is 0 Å². The summed E-state index contributed by atoms with van der Waals surface area (Å²) < 4.78 is 0.718. The smallest absolute Gasteiger partial charge is 0.134 e. The van der Waals surface area contributed by atoms with Crippen molar-refractivity contribution in [1.82, 2.24) is 10.3 Å². The van der Waals surface area contributed by atoms with Crippen molar-refractivity contribution >= 4 is 15.9 Å². The van der Waals surface area contributed by atoms with E-state index in [4.69, 9.17) is 0 Å². The third-order valence-corrected chi connectivity index (χ3v) is 3.44. The lowest BCUT2D eigenvalue weighted by atomic mass is 10.2. The normalized spacial score (nSPS) is 10.6. The first kappa shape index (κ1) is 13.1. The molecule has 0 radical (unpaired) electrons. The summed E-state index contributed by atoms with van der Waals surface area (Å²) in [5, 5.41) is 13.1. The first-order valence-electron chi connectivity index (χ1n) is 5.76. The van der Waals surface area contributed by atoms with Crippen LogP contribution in [-0.4, -0.2) is 10.1 Å². The maximum absolute atomic E-state index is 9.85. The molecule has 2 aromatic rings. The number of hydrogen-bond donors (Lipinski definition) is 2. The van der Waals surface area contributed by atoms with Gasteiger partial charge in [-0.05, 0) is 40.5 Å². The Labute approximate surface area is 115 Å². The summed E-state index contributed by atoms with van der Waals surface area (Å²) in [7, 11) is 0. The highest BCUT2D eigenvalue weighted by atomic mass is 79.9. The Kier molecular flexibility index (Phi) is 4.33. The van der Waals surface area contributed by atoms with Gasteiger partial charge in [0.2, 0.25) is 0 Å². The molecule has 18 heavy (non-hydrogen) atoms. The molecule has 2 rings (SSSR count). The van der Waals surface area contributed by atoms with Crippen molar-refractivity contribution in [3.05, 3.63) is 57.8 Å². The summed E-state index contributed by atoms with van der Waals surface area (Å²) in [6, 6.07) is 9.60. The number of aromatic hydroxyl groups is 1. The van der Waals surface area contributed by atoms with Gasteiger partial charge in [-0.2, -0.15) is 0 Å². The Morgan fingerprint density at radius 3 is 2.83 bits per heavy atom. The number of phenols is 1. The molecule has 0 atom stereocenters. The number of para-hydroxylation sites is 1. The number of nitrogens with one attached hydrogen (secondary N) is 1. The van der Waals surface area contributed by atoms with E-state index in [0.29, 0.717) is 18.8 Å². The van der Waals surface area contributed by atoms with Crippen LogP contribution in [0, 0.1) is 6.92 Å². The van der Waals surface area contributed by atoms with Crippen LogP contribution in [0.3, 0.4) is 0 Å².